The number of carbonyl (C=O) groups is 1. The first kappa shape index (κ1) is 15.5. The summed E-state index contributed by atoms with van der Waals surface area (Å²) in [7, 11) is 0. The maximum Gasteiger partial charge on any atom is 0.291 e. The number of furan rings is 1. The van der Waals surface area contributed by atoms with E-state index >= 15 is 0 Å². The lowest BCUT2D eigenvalue weighted by Crippen LogP contribution is -2.20. The third-order valence-corrected chi connectivity index (χ3v) is 3.42. The standard InChI is InChI=1S/C17H16N4O3/c1-2-13(11-5-7-12(22)8-6-11)18-21-17(23)15-10-14(19-20-15)16-4-3-9-24-16/h3-10,22H,2H2,1H3,(H,19,20)(H,21,23)/b18-13+. The van der Waals surface area contributed by atoms with Crippen molar-refractivity contribution in [2.24, 2.45) is 5.10 Å². The Kier molecular flexibility index (Phi) is 4.42. The Balaban J connectivity index is 1.73. The van der Waals surface area contributed by atoms with Crippen molar-refractivity contribution in [1.29, 1.82) is 0 Å². The molecule has 3 rings (SSSR count). The van der Waals surface area contributed by atoms with Gasteiger partial charge in [-0.2, -0.15) is 10.2 Å². The molecule has 0 unspecified atom stereocenters. The average molecular weight is 324 g/mol. The van der Waals surface area contributed by atoms with Crippen LogP contribution in [-0.2, 0) is 0 Å². The Hall–Kier alpha value is -3.35. The van der Waals surface area contributed by atoms with Crippen molar-refractivity contribution in [2.75, 3.05) is 0 Å². The molecule has 0 radical (unpaired) electrons. The van der Waals surface area contributed by atoms with Crippen LogP contribution in [0.3, 0.4) is 0 Å². The van der Waals surface area contributed by atoms with Crippen LogP contribution >= 0.6 is 0 Å². The molecule has 0 aliphatic heterocycles. The summed E-state index contributed by atoms with van der Waals surface area (Å²) >= 11 is 0. The van der Waals surface area contributed by atoms with Crippen molar-refractivity contribution in [3.8, 4) is 17.2 Å². The van der Waals surface area contributed by atoms with Crippen LogP contribution in [0, 0.1) is 0 Å². The van der Waals surface area contributed by atoms with Gasteiger partial charge in [-0.1, -0.05) is 6.92 Å². The third kappa shape index (κ3) is 3.35. The molecule has 24 heavy (non-hydrogen) atoms. The summed E-state index contributed by atoms with van der Waals surface area (Å²) in [6.45, 7) is 1.93. The SMILES string of the molecule is CC/C(=N\NC(=O)c1cc(-c2ccco2)[nH]n1)c1ccc(O)cc1. The molecule has 2 heterocycles. The first-order valence-corrected chi connectivity index (χ1v) is 7.43. The van der Waals surface area contributed by atoms with Crippen molar-refractivity contribution < 1.29 is 14.3 Å². The van der Waals surface area contributed by atoms with Crippen LogP contribution in [0.15, 0.2) is 58.2 Å². The summed E-state index contributed by atoms with van der Waals surface area (Å²) in [6.07, 6.45) is 2.18. The highest BCUT2D eigenvalue weighted by Crippen LogP contribution is 2.17. The predicted octanol–water partition coefficient (Wildman–Crippen LogP) is 2.92. The molecule has 7 nitrogen and oxygen atoms in total. The molecule has 0 aliphatic rings. The molecule has 1 aromatic carbocycles. The molecule has 0 fully saturated rings. The first-order valence-electron chi connectivity index (χ1n) is 7.43. The van der Waals surface area contributed by atoms with Crippen LogP contribution in [0.5, 0.6) is 5.75 Å². The molecule has 1 amide bonds. The van der Waals surface area contributed by atoms with E-state index in [9.17, 15) is 9.90 Å². The molecule has 0 bridgehead atoms. The Morgan fingerprint density at radius 3 is 2.79 bits per heavy atom. The van der Waals surface area contributed by atoms with E-state index in [2.05, 4.69) is 20.7 Å². The molecule has 0 saturated carbocycles. The third-order valence-electron chi connectivity index (χ3n) is 3.42. The lowest BCUT2D eigenvalue weighted by molar-refractivity contribution is 0.0950. The summed E-state index contributed by atoms with van der Waals surface area (Å²) in [4.78, 5) is 12.2. The minimum Gasteiger partial charge on any atom is -0.508 e. The van der Waals surface area contributed by atoms with Gasteiger partial charge in [0, 0.05) is 6.07 Å². The number of phenolic OH excluding ortho intramolecular Hbond substituents is 1. The van der Waals surface area contributed by atoms with Gasteiger partial charge in [-0.15, -0.1) is 0 Å². The first-order chi connectivity index (χ1) is 11.7. The van der Waals surface area contributed by atoms with Crippen LogP contribution in [-0.4, -0.2) is 26.9 Å². The molecule has 3 N–H and O–H groups in total. The van der Waals surface area contributed by atoms with E-state index in [1.807, 2.05) is 6.92 Å². The zero-order valence-electron chi connectivity index (χ0n) is 13.0. The number of hydrogen-bond acceptors (Lipinski definition) is 5. The smallest absolute Gasteiger partial charge is 0.291 e. The van der Waals surface area contributed by atoms with Crippen LogP contribution in [0.4, 0.5) is 0 Å². The molecule has 0 atom stereocenters. The van der Waals surface area contributed by atoms with Crippen molar-refractivity contribution in [3.05, 3.63) is 60.0 Å². The van der Waals surface area contributed by atoms with E-state index in [0.717, 1.165) is 5.56 Å². The number of H-pyrrole nitrogens is 1. The number of nitrogens with zero attached hydrogens (tertiary/aromatic N) is 2. The number of aromatic amines is 1. The fraction of sp³-hybridized carbons (Fsp3) is 0.118. The molecule has 0 spiro atoms. The van der Waals surface area contributed by atoms with E-state index in [4.69, 9.17) is 4.42 Å². The monoisotopic (exact) mass is 324 g/mol. The Labute approximate surface area is 138 Å². The van der Waals surface area contributed by atoms with Crippen molar-refractivity contribution in [1.82, 2.24) is 15.6 Å². The lowest BCUT2D eigenvalue weighted by Gasteiger charge is -2.04. The summed E-state index contributed by atoms with van der Waals surface area (Å²) in [6, 6.07) is 11.8. The van der Waals surface area contributed by atoms with Crippen LogP contribution in [0.25, 0.3) is 11.5 Å². The van der Waals surface area contributed by atoms with Crippen LogP contribution < -0.4 is 5.43 Å². The largest absolute Gasteiger partial charge is 0.508 e. The summed E-state index contributed by atoms with van der Waals surface area (Å²) in [5, 5.41) is 20.2. The second-order valence-corrected chi connectivity index (χ2v) is 5.04. The molecular formula is C17H16N4O3. The number of hydrazone groups is 1. The van der Waals surface area contributed by atoms with Gasteiger partial charge in [0.05, 0.1) is 12.0 Å². The van der Waals surface area contributed by atoms with Crippen molar-refractivity contribution in [3.63, 3.8) is 0 Å². The van der Waals surface area contributed by atoms with Crippen molar-refractivity contribution >= 4 is 11.6 Å². The molecule has 0 aliphatic carbocycles. The second-order valence-electron chi connectivity index (χ2n) is 5.04. The van der Waals surface area contributed by atoms with Gasteiger partial charge < -0.3 is 9.52 Å². The van der Waals surface area contributed by atoms with Gasteiger partial charge in [0.15, 0.2) is 11.5 Å². The van der Waals surface area contributed by atoms with E-state index in [1.54, 1.807) is 48.7 Å². The molecule has 0 saturated heterocycles. The van der Waals surface area contributed by atoms with Crippen LogP contribution in [0.1, 0.15) is 29.4 Å². The summed E-state index contributed by atoms with van der Waals surface area (Å²) < 4.78 is 5.24. The van der Waals surface area contributed by atoms with Gasteiger partial charge in [0.25, 0.3) is 5.91 Å². The van der Waals surface area contributed by atoms with Gasteiger partial charge in [-0.3, -0.25) is 9.89 Å². The second kappa shape index (κ2) is 6.82. The van der Waals surface area contributed by atoms with Crippen LogP contribution in [0.2, 0.25) is 0 Å². The zero-order valence-corrected chi connectivity index (χ0v) is 13.0. The fourth-order valence-electron chi connectivity index (χ4n) is 2.17. The molecule has 122 valence electrons. The highest BCUT2D eigenvalue weighted by molar-refractivity contribution is 6.02. The van der Waals surface area contributed by atoms with Gasteiger partial charge >= 0.3 is 0 Å². The number of aromatic hydroxyl groups is 1. The van der Waals surface area contributed by atoms with E-state index < -0.39 is 5.91 Å². The zero-order chi connectivity index (χ0) is 16.9. The lowest BCUT2D eigenvalue weighted by atomic mass is 10.1. The topological polar surface area (TPSA) is 104 Å². The number of nitrogens with one attached hydrogen (secondary N) is 2. The minimum absolute atomic E-state index is 0.181. The quantitative estimate of drug-likeness (QED) is 0.496. The number of rotatable bonds is 5. The average Bonchev–Trinajstić information content (AvgIpc) is 3.28. The molecule has 3 aromatic rings. The van der Waals surface area contributed by atoms with E-state index in [0.29, 0.717) is 23.6 Å². The van der Waals surface area contributed by atoms with Gasteiger partial charge in [-0.25, -0.2) is 5.43 Å². The number of hydrogen-bond donors (Lipinski definition) is 3. The summed E-state index contributed by atoms with van der Waals surface area (Å²) in [5.41, 5.74) is 4.85. The Bertz CT molecular complexity index is 848. The van der Waals surface area contributed by atoms with Gasteiger partial charge in [0.1, 0.15) is 11.4 Å². The Morgan fingerprint density at radius 2 is 2.12 bits per heavy atom. The number of amides is 1. The van der Waals surface area contributed by atoms with Gasteiger partial charge in [0.2, 0.25) is 0 Å². The number of carbonyl (C=O) groups excluding carboxylic acids is 1. The maximum absolute atomic E-state index is 12.2. The number of phenols is 1. The number of aromatic nitrogens is 2. The highest BCUT2D eigenvalue weighted by atomic mass is 16.3. The minimum atomic E-state index is -0.422. The fourth-order valence-corrected chi connectivity index (χ4v) is 2.17. The summed E-state index contributed by atoms with van der Waals surface area (Å²) in [5.74, 6) is 0.359. The van der Waals surface area contributed by atoms with Crippen molar-refractivity contribution in [2.45, 2.75) is 13.3 Å². The molecular weight excluding hydrogens is 308 g/mol. The normalized spacial score (nSPS) is 11.5. The van der Waals surface area contributed by atoms with E-state index in [-0.39, 0.29) is 11.4 Å². The van der Waals surface area contributed by atoms with E-state index in [1.165, 1.54) is 0 Å². The highest BCUT2D eigenvalue weighted by Gasteiger charge is 2.12. The van der Waals surface area contributed by atoms with Gasteiger partial charge in [-0.05, 0) is 48.4 Å². The Morgan fingerprint density at radius 1 is 1.33 bits per heavy atom. The molecule has 2 aromatic heterocycles. The molecule has 7 heteroatoms. The number of benzene rings is 1. The maximum atomic E-state index is 12.2. The predicted molar refractivity (Wildman–Crippen MR) is 88.7 cm³/mol.